The molecule has 3 rings (SSSR count). The largest absolute Gasteiger partial charge is 0.465 e. The average Bonchev–Trinajstić information content (AvgIpc) is 3.04. The minimum atomic E-state index is -1.02. The molecule has 1 aromatic heterocycles. The van der Waals surface area contributed by atoms with Crippen LogP contribution < -0.4 is 11.1 Å². The number of aromatic nitrogens is 1. The van der Waals surface area contributed by atoms with Crippen molar-refractivity contribution < 1.29 is 19.5 Å². The summed E-state index contributed by atoms with van der Waals surface area (Å²) in [5.41, 5.74) is 5.64. The Morgan fingerprint density at radius 3 is 2.71 bits per heavy atom. The molecule has 124 valence electrons. The van der Waals surface area contributed by atoms with E-state index in [4.69, 9.17) is 10.8 Å². The van der Waals surface area contributed by atoms with Gasteiger partial charge in [0, 0.05) is 30.2 Å². The Morgan fingerprint density at radius 1 is 1.25 bits per heavy atom. The van der Waals surface area contributed by atoms with E-state index in [2.05, 4.69) is 10.3 Å². The van der Waals surface area contributed by atoms with E-state index in [9.17, 15) is 14.4 Å². The molecular weight excluding hydrogens is 312 g/mol. The van der Waals surface area contributed by atoms with E-state index >= 15 is 0 Å². The van der Waals surface area contributed by atoms with Gasteiger partial charge in [-0.05, 0) is 30.0 Å². The van der Waals surface area contributed by atoms with Gasteiger partial charge in [-0.25, -0.2) is 9.78 Å². The maximum atomic E-state index is 12.2. The Labute approximate surface area is 137 Å². The molecule has 0 aliphatic carbocycles. The molecule has 3 amide bonds. The molecule has 0 saturated carbocycles. The van der Waals surface area contributed by atoms with Crippen molar-refractivity contribution in [3.8, 4) is 0 Å². The van der Waals surface area contributed by atoms with Gasteiger partial charge in [0.25, 0.3) is 0 Å². The van der Waals surface area contributed by atoms with E-state index in [1.165, 1.54) is 4.90 Å². The van der Waals surface area contributed by atoms with Crippen LogP contribution in [-0.2, 0) is 4.79 Å². The number of anilines is 1. The lowest BCUT2D eigenvalue weighted by molar-refractivity contribution is -0.119. The molecule has 4 N–H and O–H groups in total. The maximum absolute atomic E-state index is 12.2. The van der Waals surface area contributed by atoms with Crippen LogP contribution in [0.5, 0.6) is 0 Å². The molecule has 24 heavy (non-hydrogen) atoms. The van der Waals surface area contributed by atoms with Crippen LogP contribution in [0.3, 0.4) is 0 Å². The number of carboxylic acid groups (broad SMARTS) is 1. The third kappa shape index (κ3) is 3.12. The van der Waals surface area contributed by atoms with Gasteiger partial charge in [-0.3, -0.25) is 9.59 Å². The van der Waals surface area contributed by atoms with E-state index in [-0.39, 0.29) is 12.5 Å². The Kier molecular flexibility index (Phi) is 4.03. The molecule has 1 atom stereocenters. The van der Waals surface area contributed by atoms with E-state index in [1.54, 1.807) is 30.5 Å². The summed E-state index contributed by atoms with van der Waals surface area (Å²) in [6, 6.07) is 6.64. The van der Waals surface area contributed by atoms with Crippen molar-refractivity contribution >= 4 is 34.5 Å². The molecule has 1 aromatic carbocycles. The van der Waals surface area contributed by atoms with Gasteiger partial charge in [-0.2, -0.15) is 0 Å². The first kappa shape index (κ1) is 15.7. The number of carbonyl (C=O) groups excluding carboxylic acids is 2. The molecule has 8 nitrogen and oxygen atoms in total. The van der Waals surface area contributed by atoms with Crippen LogP contribution in [0, 0.1) is 5.92 Å². The number of likely N-dealkylation sites (tertiary alicyclic amines) is 1. The van der Waals surface area contributed by atoms with Crippen LogP contribution in [0.25, 0.3) is 10.8 Å². The SMILES string of the molecule is NC(=O)c1ccc2cnc(NC(=O)[C@H]3CCN(C(=O)O)C3)cc2c1. The van der Waals surface area contributed by atoms with Gasteiger partial charge in [0.05, 0.1) is 5.92 Å². The number of hydrogen-bond donors (Lipinski definition) is 3. The number of fused-ring (bicyclic) bond motifs is 1. The molecule has 1 saturated heterocycles. The second-order valence-electron chi connectivity index (χ2n) is 5.70. The van der Waals surface area contributed by atoms with Crippen molar-refractivity contribution in [1.82, 2.24) is 9.88 Å². The van der Waals surface area contributed by atoms with E-state index in [1.807, 2.05) is 0 Å². The highest BCUT2D eigenvalue weighted by atomic mass is 16.4. The summed E-state index contributed by atoms with van der Waals surface area (Å²) in [6.07, 6.45) is 1.05. The second-order valence-corrected chi connectivity index (χ2v) is 5.70. The quantitative estimate of drug-likeness (QED) is 0.782. The van der Waals surface area contributed by atoms with Gasteiger partial charge in [-0.15, -0.1) is 0 Å². The van der Waals surface area contributed by atoms with Gasteiger partial charge in [-0.1, -0.05) is 6.07 Å². The molecule has 1 aliphatic rings. The summed E-state index contributed by atoms with van der Waals surface area (Å²) >= 11 is 0. The molecule has 0 spiro atoms. The number of amides is 3. The van der Waals surface area contributed by atoms with Crippen molar-refractivity contribution in [1.29, 1.82) is 0 Å². The van der Waals surface area contributed by atoms with Gasteiger partial charge in [0.1, 0.15) is 5.82 Å². The molecule has 2 aromatic rings. The predicted octanol–water partition coefficient (Wildman–Crippen LogP) is 1.27. The zero-order valence-corrected chi connectivity index (χ0v) is 12.7. The molecule has 1 aliphatic heterocycles. The normalized spacial score (nSPS) is 17.0. The Balaban J connectivity index is 1.76. The molecule has 1 fully saturated rings. The minimum Gasteiger partial charge on any atom is -0.465 e. The minimum absolute atomic E-state index is 0.181. The second kappa shape index (κ2) is 6.15. The van der Waals surface area contributed by atoms with Crippen LogP contribution in [-0.4, -0.2) is 46.0 Å². The number of nitrogens with zero attached hydrogens (tertiary/aromatic N) is 2. The van der Waals surface area contributed by atoms with E-state index in [0.717, 1.165) is 10.8 Å². The average molecular weight is 328 g/mol. The third-order valence-corrected chi connectivity index (χ3v) is 4.09. The monoisotopic (exact) mass is 328 g/mol. The summed E-state index contributed by atoms with van der Waals surface area (Å²) in [5, 5.41) is 13.2. The molecule has 0 unspecified atom stereocenters. The number of hydrogen-bond acceptors (Lipinski definition) is 4. The fraction of sp³-hybridized carbons (Fsp3) is 0.250. The summed E-state index contributed by atoms with van der Waals surface area (Å²) in [4.78, 5) is 39.8. The smallest absolute Gasteiger partial charge is 0.407 e. The number of benzene rings is 1. The van der Waals surface area contributed by atoms with Gasteiger partial charge in [0.15, 0.2) is 0 Å². The summed E-state index contributed by atoms with van der Waals surface area (Å²) in [7, 11) is 0. The van der Waals surface area contributed by atoms with Crippen LogP contribution in [0.1, 0.15) is 16.8 Å². The fourth-order valence-corrected chi connectivity index (χ4v) is 2.74. The van der Waals surface area contributed by atoms with Gasteiger partial charge in [0.2, 0.25) is 11.8 Å². The topological polar surface area (TPSA) is 126 Å². The van der Waals surface area contributed by atoms with Crippen LogP contribution in [0.4, 0.5) is 10.6 Å². The Bertz CT molecular complexity index is 836. The lowest BCUT2D eigenvalue weighted by atomic mass is 10.1. The van der Waals surface area contributed by atoms with Crippen LogP contribution in [0.15, 0.2) is 30.5 Å². The van der Waals surface area contributed by atoms with E-state index < -0.39 is 17.9 Å². The molecule has 0 bridgehead atoms. The molecular formula is C16H16N4O4. The zero-order chi connectivity index (χ0) is 17.3. The first-order chi connectivity index (χ1) is 11.4. The maximum Gasteiger partial charge on any atom is 0.407 e. The number of pyridine rings is 1. The molecule has 0 radical (unpaired) electrons. The number of nitrogens with one attached hydrogen (secondary N) is 1. The lowest BCUT2D eigenvalue weighted by Crippen LogP contribution is -2.30. The zero-order valence-electron chi connectivity index (χ0n) is 12.7. The van der Waals surface area contributed by atoms with Crippen molar-refractivity contribution in [2.45, 2.75) is 6.42 Å². The van der Waals surface area contributed by atoms with Crippen molar-refractivity contribution in [2.75, 3.05) is 18.4 Å². The van der Waals surface area contributed by atoms with Crippen molar-refractivity contribution in [3.63, 3.8) is 0 Å². The Morgan fingerprint density at radius 2 is 2.04 bits per heavy atom. The third-order valence-electron chi connectivity index (χ3n) is 4.09. The van der Waals surface area contributed by atoms with Gasteiger partial charge >= 0.3 is 6.09 Å². The van der Waals surface area contributed by atoms with Crippen molar-refractivity contribution in [2.24, 2.45) is 11.7 Å². The van der Waals surface area contributed by atoms with Crippen LogP contribution >= 0.6 is 0 Å². The number of primary amides is 1. The highest BCUT2D eigenvalue weighted by Crippen LogP contribution is 2.21. The lowest BCUT2D eigenvalue weighted by Gasteiger charge is -2.12. The fourth-order valence-electron chi connectivity index (χ4n) is 2.74. The van der Waals surface area contributed by atoms with Crippen molar-refractivity contribution in [3.05, 3.63) is 36.0 Å². The molecule has 8 heteroatoms. The number of nitrogens with two attached hydrogens (primary N) is 1. The predicted molar refractivity (Wildman–Crippen MR) is 86.6 cm³/mol. The highest BCUT2D eigenvalue weighted by molar-refractivity contribution is 5.99. The van der Waals surface area contributed by atoms with Gasteiger partial charge < -0.3 is 21.1 Å². The summed E-state index contributed by atoms with van der Waals surface area (Å²) in [6.45, 7) is 0.529. The first-order valence-corrected chi connectivity index (χ1v) is 7.42. The van der Waals surface area contributed by atoms with E-state index in [0.29, 0.717) is 24.3 Å². The first-order valence-electron chi connectivity index (χ1n) is 7.42. The summed E-state index contributed by atoms with van der Waals surface area (Å²) < 4.78 is 0. The van der Waals surface area contributed by atoms with Crippen LogP contribution in [0.2, 0.25) is 0 Å². The highest BCUT2D eigenvalue weighted by Gasteiger charge is 2.31. The standard InChI is InChI=1S/C16H16N4O4/c17-14(21)9-1-2-10-7-18-13(6-12(10)5-9)19-15(22)11-3-4-20(8-11)16(23)24/h1-2,5-7,11H,3-4,8H2,(H2,17,21)(H,23,24)(H,18,19,22)/t11-/m0/s1. The summed E-state index contributed by atoms with van der Waals surface area (Å²) in [5.74, 6) is -0.839. The Hall–Kier alpha value is -3.16. The molecule has 2 heterocycles. The number of rotatable bonds is 3. The number of carbonyl (C=O) groups is 3.